The zero-order chi connectivity index (χ0) is 36.3. The number of nitrogens with zero attached hydrogens (tertiary/aromatic N) is 2. The van der Waals surface area contributed by atoms with Crippen molar-refractivity contribution in [3.8, 4) is 33.7 Å². The molecule has 0 saturated heterocycles. The molecule has 4 nitrogen and oxygen atoms in total. The fourth-order valence-electron chi connectivity index (χ4n) is 8.19. The van der Waals surface area contributed by atoms with Crippen LogP contribution in [-0.4, -0.2) is 4.98 Å². The van der Waals surface area contributed by atoms with Gasteiger partial charge in [-0.15, -0.1) is 0 Å². The topological polar surface area (TPSA) is 42.4 Å². The molecule has 11 rings (SSSR count). The van der Waals surface area contributed by atoms with Gasteiger partial charge in [-0.25, -0.2) is 4.98 Å². The quantitative estimate of drug-likeness (QED) is 0.162. The van der Waals surface area contributed by atoms with Crippen LogP contribution in [0, 0.1) is 0 Å². The number of oxazole rings is 1. The van der Waals surface area contributed by atoms with Crippen molar-refractivity contribution in [2.75, 3.05) is 4.90 Å². The van der Waals surface area contributed by atoms with Gasteiger partial charge in [0.1, 0.15) is 16.7 Å². The molecular formula is C51H32N2O2. The van der Waals surface area contributed by atoms with Crippen molar-refractivity contribution in [2.45, 2.75) is 0 Å². The van der Waals surface area contributed by atoms with Gasteiger partial charge in [0.25, 0.3) is 0 Å². The minimum Gasteiger partial charge on any atom is -0.456 e. The second kappa shape index (κ2) is 12.6. The highest BCUT2D eigenvalue weighted by Gasteiger charge is 2.24. The smallest absolute Gasteiger partial charge is 0.227 e. The summed E-state index contributed by atoms with van der Waals surface area (Å²) in [6.07, 6.45) is 0. The van der Waals surface area contributed by atoms with Crippen molar-refractivity contribution < 1.29 is 8.83 Å². The molecule has 258 valence electrons. The first-order chi connectivity index (χ1) is 27.3. The van der Waals surface area contributed by atoms with Gasteiger partial charge in [0.05, 0.1) is 11.4 Å². The molecule has 0 aliphatic rings. The van der Waals surface area contributed by atoms with Crippen LogP contribution in [0.4, 0.5) is 17.1 Å². The van der Waals surface area contributed by atoms with Crippen LogP contribution in [0.1, 0.15) is 0 Å². The van der Waals surface area contributed by atoms with Crippen molar-refractivity contribution in [3.63, 3.8) is 0 Å². The van der Waals surface area contributed by atoms with Gasteiger partial charge in [0.2, 0.25) is 5.89 Å². The summed E-state index contributed by atoms with van der Waals surface area (Å²) in [6.45, 7) is 0. The maximum absolute atomic E-state index is 6.67. The molecule has 0 bridgehead atoms. The summed E-state index contributed by atoms with van der Waals surface area (Å²) in [7, 11) is 0. The van der Waals surface area contributed by atoms with Crippen LogP contribution in [0.3, 0.4) is 0 Å². The van der Waals surface area contributed by atoms with Crippen molar-refractivity contribution in [1.82, 2.24) is 4.98 Å². The Balaban J connectivity index is 1.16. The van der Waals surface area contributed by atoms with Crippen LogP contribution in [0.15, 0.2) is 203 Å². The molecule has 0 N–H and O–H groups in total. The molecule has 0 aliphatic carbocycles. The predicted octanol–water partition coefficient (Wildman–Crippen LogP) is 14.5. The van der Waals surface area contributed by atoms with Crippen LogP contribution in [-0.2, 0) is 0 Å². The van der Waals surface area contributed by atoms with E-state index in [4.69, 9.17) is 13.8 Å². The molecule has 0 aliphatic heterocycles. The number of furan rings is 1. The highest BCUT2D eigenvalue weighted by Crippen LogP contribution is 2.47. The molecule has 9 aromatic carbocycles. The lowest BCUT2D eigenvalue weighted by molar-refractivity contribution is 0.621. The third kappa shape index (κ3) is 5.11. The summed E-state index contributed by atoms with van der Waals surface area (Å²) < 4.78 is 13.1. The van der Waals surface area contributed by atoms with E-state index >= 15 is 0 Å². The number of para-hydroxylation sites is 2. The monoisotopic (exact) mass is 704 g/mol. The van der Waals surface area contributed by atoms with Gasteiger partial charge >= 0.3 is 0 Å². The standard InChI is InChI=1S/C51H32N2O2/c1-3-15-33(16-4-1)39-21-11-13-25-44(39)53(45-31-36-19-7-8-20-38(36)40-22-9-10-23-41(40)45)37-29-27-34(28-30-37)48-49-42-24-12-14-26-46(42)54-47(49)32-43-50(48)55-51(52-43)35-17-5-2-6-18-35/h1-32H. The molecule has 55 heavy (non-hydrogen) atoms. The third-order valence-electron chi connectivity index (χ3n) is 10.7. The number of aromatic nitrogens is 1. The van der Waals surface area contributed by atoms with E-state index in [1.165, 1.54) is 21.5 Å². The number of rotatable bonds is 6. The SMILES string of the molecule is c1ccc(-c2nc3cc4oc5ccccc5c4c(-c4ccc(N(c5ccccc5-c5ccccc5)c5cc6ccccc6c6ccccc56)cc4)c3o2)cc1. The molecule has 0 saturated carbocycles. The Morgan fingerprint density at radius 3 is 1.85 bits per heavy atom. The normalized spacial score (nSPS) is 11.6. The summed E-state index contributed by atoms with van der Waals surface area (Å²) in [6, 6.07) is 68.1. The van der Waals surface area contributed by atoms with Crippen molar-refractivity contribution in [1.29, 1.82) is 0 Å². The van der Waals surface area contributed by atoms with Gasteiger partial charge in [-0.2, -0.15) is 0 Å². The summed E-state index contributed by atoms with van der Waals surface area (Å²) in [4.78, 5) is 7.38. The Morgan fingerprint density at radius 1 is 0.418 bits per heavy atom. The van der Waals surface area contributed by atoms with Crippen molar-refractivity contribution >= 4 is 71.6 Å². The molecule has 0 fully saturated rings. The number of fused-ring (bicyclic) bond motifs is 7. The van der Waals surface area contributed by atoms with E-state index in [9.17, 15) is 0 Å². The van der Waals surface area contributed by atoms with Gasteiger partial charge < -0.3 is 13.7 Å². The third-order valence-corrected chi connectivity index (χ3v) is 10.7. The average molecular weight is 705 g/mol. The van der Waals surface area contributed by atoms with Crippen LogP contribution >= 0.6 is 0 Å². The lowest BCUT2D eigenvalue weighted by atomic mass is 9.96. The molecule has 11 aromatic rings. The maximum atomic E-state index is 6.67. The highest BCUT2D eigenvalue weighted by atomic mass is 16.4. The van der Waals surface area contributed by atoms with E-state index in [1.54, 1.807) is 0 Å². The second-order valence-electron chi connectivity index (χ2n) is 13.9. The van der Waals surface area contributed by atoms with Gasteiger partial charge in [-0.1, -0.05) is 146 Å². The molecule has 0 spiro atoms. The van der Waals surface area contributed by atoms with Gasteiger partial charge in [0.15, 0.2) is 5.58 Å². The molecule has 2 heterocycles. The number of anilines is 3. The maximum Gasteiger partial charge on any atom is 0.227 e. The van der Waals surface area contributed by atoms with Gasteiger partial charge in [-0.05, 0) is 69.8 Å². The van der Waals surface area contributed by atoms with Crippen LogP contribution in [0.5, 0.6) is 0 Å². The van der Waals surface area contributed by atoms with E-state index in [0.29, 0.717) is 5.89 Å². The van der Waals surface area contributed by atoms with E-state index in [-0.39, 0.29) is 0 Å². The van der Waals surface area contributed by atoms with E-state index in [0.717, 1.165) is 77.9 Å². The van der Waals surface area contributed by atoms with Gasteiger partial charge in [-0.3, -0.25) is 0 Å². The number of benzene rings is 9. The minimum atomic E-state index is 0.581. The second-order valence-corrected chi connectivity index (χ2v) is 13.9. The summed E-state index contributed by atoms with van der Waals surface area (Å²) >= 11 is 0. The first kappa shape index (κ1) is 31.1. The first-order valence-electron chi connectivity index (χ1n) is 18.5. The Morgan fingerprint density at radius 2 is 1.05 bits per heavy atom. The number of hydrogen-bond donors (Lipinski definition) is 0. The zero-order valence-corrected chi connectivity index (χ0v) is 29.7. The first-order valence-corrected chi connectivity index (χ1v) is 18.5. The Bertz CT molecular complexity index is 3200. The van der Waals surface area contributed by atoms with Crippen LogP contribution in [0.2, 0.25) is 0 Å². The zero-order valence-electron chi connectivity index (χ0n) is 29.7. The molecule has 2 aromatic heterocycles. The fourth-order valence-corrected chi connectivity index (χ4v) is 8.19. The Labute approximate surface area is 317 Å². The lowest BCUT2D eigenvalue weighted by Crippen LogP contribution is -2.12. The van der Waals surface area contributed by atoms with E-state index in [2.05, 4.69) is 150 Å². The molecule has 4 heteroatoms. The summed E-state index contributed by atoms with van der Waals surface area (Å²) in [5, 5.41) is 6.88. The summed E-state index contributed by atoms with van der Waals surface area (Å²) in [5.41, 5.74) is 11.6. The molecule has 0 amide bonds. The van der Waals surface area contributed by atoms with E-state index in [1.807, 2.05) is 48.5 Å². The van der Waals surface area contributed by atoms with Crippen molar-refractivity contribution in [2.24, 2.45) is 0 Å². The lowest BCUT2D eigenvalue weighted by Gasteiger charge is -2.29. The average Bonchev–Trinajstić information content (AvgIpc) is 3.85. The molecule has 0 radical (unpaired) electrons. The number of hydrogen-bond acceptors (Lipinski definition) is 4. The Kier molecular flexibility index (Phi) is 7.14. The predicted molar refractivity (Wildman–Crippen MR) is 227 cm³/mol. The highest BCUT2D eigenvalue weighted by molar-refractivity contribution is 6.19. The van der Waals surface area contributed by atoms with Crippen LogP contribution in [0.25, 0.3) is 88.3 Å². The minimum absolute atomic E-state index is 0.581. The van der Waals surface area contributed by atoms with Crippen LogP contribution < -0.4 is 4.90 Å². The molecule has 0 unspecified atom stereocenters. The van der Waals surface area contributed by atoms with Crippen molar-refractivity contribution in [3.05, 3.63) is 194 Å². The van der Waals surface area contributed by atoms with Gasteiger partial charge in [0, 0.05) is 44.6 Å². The Hall–Kier alpha value is -7.43. The summed E-state index contributed by atoms with van der Waals surface area (Å²) in [5.74, 6) is 0.581. The molecule has 0 atom stereocenters. The fraction of sp³-hybridized carbons (Fsp3) is 0. The van der Waals surface area contributed by atoms with E-state index < -0.39 is 0 Å². The molecular weight excluding hydrogens is 673 g/mol. The largest absolute Gasteiger partial charge is 0.456 e.